The van der Waals surface area contributed by atoms with Crippen molar-refractivity contribution < 1.29 is 9.53 Å². The number of halogens is 1. The average molecular weight is 380 g/mol. The zero-order valence-electron chi connectivity index (χ0n) is 13.1. The molecular formula is C16H14ClN3O2S2. The lowest BCUT2D eigenvalue weighted by Crippen LogP contribution is -2.08. The van der Waals surface area contributed by atoms with Crippen LogP contribution < -0.4 is 0 Å². The van der Waals surface area contributed by atoms with Crippen molar-refractivity contribution in [1.82, 2.24) is 9.97 Å². The number of hydrogen-bond donors (Lipinski definition) is 0. The highest BCUT2D eigenvalue weighted by molar-refractivity contribution is 8.00. The minimum Gasteiger partial charge on any atom is -0.465 e. The van der Waals surface area contributed by atoms with Crippen LogP contribution in [-0.2, 0) is 9.53 Å². The molecule has 0 aliphatic heterocycles. The number of nitriles is 1. The molecule has 124 valence electrons. The van der Waals surface area contributed by atoms with E-state index in [1.807, 2.05) is 18.4 Å². The van der Waals surface area contributed by atoms with Crippen molar-refractivity contribution in [3.8, 4) is 17.5 Å². The van der Waals surface area contributed by atoms with Gasteiger partial charge in [-0.2, -0.15) is 5.26 Å². The molecule has 1 heterocycles. The number of thioether (sulfide) groups is 2. The van der Waals surface area contributed by atoms with Gasteiger partial charge in [-0.25, -0.2) is 9.97 Å². The molecule has 0 bridgehead atoms. The van der Waals surface area contributed by atoms with Crippen LogP contribution in [0.5, 0.6) is 0 Å². The maximum atomic E-state index is 11.6. The summed E-state index contributed by atoms with van der Waals surface area (Å²) in [5.41, 5.74) is 1.16. The molecule has 0 amide bonds. The lowest BCUT2D eigenvalue weighted by atomic mass is 10.2. The van der Waals surface area contributed by atoms with Crippen LogP contribution in [-0.4, -0.2) is 34.6 Å². The number of carbonyl (C=O) groups excluding carboxylic acids is 1. The molecule has 5 nitrogen and oxygen atoms in total. The maximum Gasteiger partial charge on any atom is 0.316 e. The molecule has 0 saturated heterocycles. The Morgan fingerprint density at radius 2 is 1.96 bits per heavy atom. The fourth-order valence-corrected chi connectivity index (χ4v) is 3.32. The van der Waals surface area contributed by atoms with Gasteiger partial charge in [0.2, 0.25) is 0 Å². The summed E-state index contributed by atoms with van der Waals surface area (Å²) in [5, 5.41) is 11.1. The predicted molar refractivity (Wildman–Crippen MR) is 96.3 cm³/mol. The highest BCUT2D eigenvalue weighted by Gasteiger charge is 2.17. The molecule has 1 aromatic carbocycles. The van der Waals surface area contributed by atoms with Crippen LogP contribution in [0, 0.1) is 11.3 Å². The van der Waals surface area contributed by atoms with E-state index in [0.29, 0.717) is 33.1 Å². The van der Waals surface area contributed by atoms with Gasteiger partial charge in [0.1, 0.15) is 21.7 Å². The predicted octanol–water partition coefficient (Wildman–Crippen LogP) is 4.05. The van der Waals surface area contributed by atoms with E-state index < -0.39 is 0 Å². The molecule has 0 fully saturated rings. The van der Waals surface area contributed by atoms with E-state index in [1.165, 1.54) is 23.5 Å². The van der Waals surface area contributed by atoms with Gasteiger partial charge in [0.25, 0.3) is 0 Å². The third-order valence-electron chi connectivity index (χ3n) is 2.88. The number of nitrogens with zero attached hydrogens (tertiary/aromatic N) is 3. The Morgan fingerprint density at radius 3 is 2.54 bits per heavy atom. The molecule has 8 heteroatoms. The first-order valence-electron chi connectivity index (χ1n) is 6.99. The van der Waals surface area contributed by atoms with E-state index in [-0.39, 0.29) is 11.7 Å². The van der Waals surface area contributed by atoms with E-state index in [9.17, 15) is 10.1 Å². The van der Waals surface area contributed by atoms with Gasteiger partial charge >= 0.3 is 5.97 Å². The third-order valence-corrected chi connectivity index (χ3v) is 4.77. The second kappa shape index (κ2) is 8.92. The fourth-order valence-electron chi connectivity index (χ4n) is 1.83. The average Bonchev–Trinajstić information content (AvgIpc) is 2.60. The molecule has 1 aromatic heterocycles. The number of ether oxygens (including phenoxy) is 1. The van der Waals surface area contributed by atoms with E-state index in [4.69, 9.17) is 16.3 Å². The standard InChI is InChI=1S/C16H14ClN3O2S2/c1-3-22-13(21)9-24-16-12(8-18)15(23-2)19-14(20-16)10-4-6-11(17)7-5-10/h4-7H,3,9H2,1-2H3. The maximum absolute atomic E-state index is 11.6. The normalized spacial score (nSPS) is 10.2. The largest absolute Gasteiger partial charge is 0.465 e. The van der Waals surface area contributed by atoms with Crippen molar-refractivity contribution in [2.75, 3.05) is 18.6 Å². The van der Waals surface area contributed by atoms with Crippen LogP contribution in [0.3, 0.4) is 0 Å². The highest BCUT2D eigenvalue weighted by atomic mass is 35.5. The first-order valence-corrected chi connectivity index (χ1v) is 9.58. The van der Waals surface area contributed by atoms with E-state index in [2.05, 4.69) is 16.0 Å². The van der Waals surface area contributed by atoms with Gasteiger partial charge in [-0.15, -0.1) is 11.8 Å². The number of aromatic nitrogens is 2. The quantitative estimate of drug-likeness (QED) is 0.425. The molecule has 0 radical (unpaired) electrons. The van der Waals surface area contributed by atoms with Crippen LogP contribution >= 0.6 is 35.1 Å². The Kier molecular flexibility index (Phi) is 6.91. The second-order valence-electron chi connectivity index (χ2n) is 4.45. The van der Waals surface area contributed by atoms with Crippen molar-refractivity contribution in [2.45, 2.75) is 17.0 Å². The van der Waals surface area contributed by atoms with Crippen LogP contribution in [0.25, 0.3) is 11.4 Å². The smallest absolute Gasteiger partial charge is 0.316 e. The monoisotopic (exact) mass is 379 g/mol. The SMILES string of the molecule is CCOC(=O)CSc1nc(-c2ccc(Cl)cc2)nc(SC)c1C#N. The summed E-state index contributed by atoms with van der Waals surface area (Å²) >= 11 is 8.44. The van der Waals surface area contributed by atoms with E-state index in [1.54, 1.807) is 19.1 Å². The molecule has 0 saturated carbocycles. The molecule has 24 heavy (non-hydrogen) atoms. The number of rotatable bonds is 6. The third kappa shape index (κ3) is 4.63. The molecule has 2 rings (SSSR count). The Labute approximate surface area is 153 Å². The van der Waals surface area contributed by atoms with Crippen LogP contribution in [0.2, 0.25) is 5.02 Å². The summed E-state index contributed by atoms with van der Waals surface area (Å²) in [6, 6.07) is 9.25. The summed E-state index contributed by atoms with van der Waals surface area (Å²) in [4.78, 5) is 20.5. The van der Waals surface area contributed by atoms with Gasteiger partial charge in [-0.1, -0.05) is 23.4 Å². The molecule has 2 aromatic rings. The molecule has 0 spiro atoms. The number of carbonyl (C=O) groups is 1. The van der Waals surface area contributed by atoms with Crippen molar-refractivity contribution in [2.24, 2.45) is 0 Å². The first kappa shape index (κ1) is 18.6. The Hall–Kier alpha value is -1.75. The van der Waals surface area contributed by atoms with Crippen molar-refractivity contribution >= 4 is 41.1 Å². The van der Waals surface area contributed by atoms with Gasteiger partial charge < -0.3 is 4.74 Å². The van der Waals surface area contributed by atoms with Crippen LogP contribution in [0.15, 0.2) is 34.3 Å². The first-order chi connectivity index (χ1) is 11.6. The highest BCUT2D eigenvalue weighted by Crippen LogP contribution is 2.30. The van der Waals surface area contributed by atoms with Gasteiger partial charge in [-0.3, -0.25) is 4.79 Å². The molecule has 0 aliphatic rings. The van der Waals surface area contributed by atoms with Crippen molar-refractivity contribution in [1.29, 1.82) is 5.26 Å². The minimum atomic E-state index is -0.344. The van der Waals surface area contributed by atoms with Crippen LogP contribution in [0.4, 0.5) is 0 Å². The molecule has 0 atom stereocenters. The van der Waals surface area contributed by atoms with Crippen LogP contribution in [0.1, 0.15) is 12.5 Å². The Morgan fingerprint density at radius 1 is 1.29 bits per heavy atom. The molecular weight excluding hydrogens is 366 g/mol. The Bertz CT molecular complexity index is 776. The zero-order valence-corrected chi connectivity index (χ0v) is 15.5. The summed E-state index contributed by atoms with van der Waals surface area (Å²) in [6.07, 6.45) is 1.84. The number of benzene rings is 1. The fraction of sp³-hybridized carbons (Fsp3) is 0.250. The molecule has 0 N–H and O–H groups in total. The summed E-state index contributed by atoms with van der Waals surface area (Å²) in [6.45, 7) is 2.07. The second-order valence-corrected chi connectivity index (χ2v) is 6.64. The van der Waals surface area contributed by atoms with E-state index in [0.717, 1.165) is 5.56 Å². The van der Waals surface area contributed by atoms with Gasteiger partial charge in [0.05, 0.1) is 12.4 Å². The van der Waals surface area contributed by atoms with Gasteiger partial charge in [0.15, 0.2) is 5.82 Å². The molecule has 0 aliphatic carbocycles. The zero-order chi connectivity index (χ0) is 17.5. The lowest BCUT2D eigenvalue weighted by Gasteiger charge is -2.09. The summed E-state index contributed by atoms with van der Waals surface area (Å²) in [7, 11) is 0. The topological polar surface area (TPSA) is 75.9 Å². The minimum absolute atomic E-state index is 0.0907. The summed E-state index contributed by atoms with van der Waals surface area (Å²) in [5.74, 6) is 0.234. The number of hydrogen-bond acceptors (Lipinski definition) is 7. The van der Waals surface area contributed by atoms with Crippen molar-refractivity contribution in [3.05, 3.63) is 34.9 Å². The van der Waals surface area contributed by atoms with Crippen molar-refractivity contribution in [3.63, 3.8) is 0 Å². The molecule has 0 unspecified atom stereocenters. The Balaban J connectivity index is 2.40. The van der Waals surface area contributed by atoms with Gasteiger partial charge in [-0.05, 0) is 37.4 Å². The van der Waals surface area contributed by atoms with Gasteiger partial charge in [0, 0.05) is 10.6 Å². The number of esters is 1. The van der Waals surface area contributed by atoms with E-state index >= 15 is 0 Å². The summed E-state index contributed by atoms with van der Waals surface area (Å²) < 4.78 is 4.92. The lowest BCUT2D eigenvalue weighted by molar-refractivity contribution is -0.139.